The lowest BCUT2D eigenvalue weighted by atomic mass is 10.1. The van der Waals surface area contributed by atoms with Gasteiger partial charge in [0.1, 0.15) is 18.0 Å². The first-order valence-corrected chi connectivity index (χ1v) is 11.1. The summed E-state index contributed by atoms with van der Waals surface area (Å²) < 4.78 is 25.8. The third-order valence-corrected chi connectivity index (χ3v) is 5.34. The monoisotopic (exact) mass is 494 g/mol. The number of hydrogen-bond acceptors (Lipinski definition) is 5. The lowest BCUT2D eigenvalue weighted by Crippen LogP contribution is -2.54. The first kappa shape index (κ1) is 24.0. The Morgan fingerprint density at radius 2 is 1.71 bits per heavy atom. The van der Waals surface area contributed by atoms with Crippen LogP contribution in [0, 0.1) is 5.82 Å². The van der Waals surface area contributed by atoms with Crippen LogP contribution in [0.25, 0.3) is 6.08 Å². The van der Waals surface area contributed by atoms with Crippen molar-refractivity contribution in [3.63, 3.8) is 0 Å². The third kappa shape index (κ3) is 5.17. The lowest BCUT2D eigenvalue weighted by molar-refractivity contribution is -0.122. The van der Waals surface area contributed by atoms with Gasteiger partial charge in [-0.1, -0.05) is 54.1 Å². The first-order valence-electron chi connectivity index (χ1n) is 10.7. The number of carbonyl (C=O) groups is 3. The molecule has 1 aliphatic rings. The summed E-state index contributed by atoms with van der Waals surface area (Å²) >= 11 is 6.46. The number of nitrogens with zero attached hydrogens (tertiary/aromatic N) is 1. The van der Waals surface area contributed by atoms with Crippen molar-refractivity contribution in [2.24, 2.45) is 0 Å². The highest BCUT2D eigenvalue weighted by molar-refractivity contribution is 6.39. The molecule has 0 aliphatic carbocycles. The van der Waals surface area contributed by atoms with Crippen LogP contribution in [0.5, 0.6) is 11.5 Å². The second-order valence-electron chi connectivity index (χ2n) is 7.45. The van der Waals surface area contributed by atoms with Crippen LogP contribution in [0.15, 0.2) is 72.3 Å². The summed E-state index contributed by atoms with van der Waals surface area (Å²) in [5.74, 6) is -2.05. The molecule has 1 fully saturated rings. The molecule has 0 atom stereocenters. The molecule has 4 rings (SSSR count). The number of benzene rings is 3. The van der Waals surface area contributed by atoms with Gasteiger partial charge >= 0.3 is 6.03 Å². The summed E-state index contributed by atoms with van der Waals surface area (Å²) in [5.41, 5.74) is 0.641. The maximum absolute atomic E-state index is 14.3. The van der Waals surface area contributed by atoms with E-state index in [4.69, 9.17) is 21.1 Å². The van der Waals surface area contributed by atoms with Crippen molar-refractivity contribution in [3.8, 4) is 11.5 Å². The van der Waals surface area contributed by atoms with Gasteiger partial charge in [-0.05, 0) is 48.4 Å². The molecule has 0 saturated carbocycles. The molecule has 0 bridgehead atoms. The van der Waals surface area contributed by atoms with Crippen molar-refractivity contribution in [2.75, 3.05) is 11.5 Å². The molecule has 9 heteroatoms. The highest BCUT2D eigenvalue weighted by atomic mass is 35.5. The highest BCUT2D eigenvalue weighted by Gasteiger charge is 2.38. The van der Waals surface area contributed by atoms with Crippen LogP contribution in [-0.2, 0) is 16.2 Å². The van der Waals surface area contributed by atoms with Gasteiger partial charge in [0.15, 0.2) is 11.5 Å². The number of nitrogens with one attached hydrogen (secondary N) is 1. The number of carbonyl (C=O) groups excluding carboxylic acids is 3. The summed E-state index contributed by atoms with van der Waals surface area (Å²) in [7, 11) is 0. The van der Waals surface area contributed by atoms with E-state index in [1.807, 2.05) is 30.3 Å². The first-order chi connectivity index (χ1) is 16.9. The van der Waals surface area contributed by atoms with Gasteiger partial charge in [-0.3, -0.25) is 14.9 Å². The van der Waals surface area contributed by atoms with Gasteiger partial charge in [-0.2, -0.15) is 0 Å². The van der Waals surface area contributed by atoms with E-state index >= 15 is 0 Å². The van der Waals surface area contributed by atoms with Gasteiger partial charge < -0.3 is 9.47 Å². The second-order valence-corrected chi connectivity index (χ2v) is 7.85. The number of halogens is 2. The standard InChI is InChI=1S/C26H20ClFN2O5/c1-2-34-22-14-17(13-19(27)23(22)35-15-16-8-4-3-5-9-16)12-18-24(31)29-26(33)30(25(18)32)21-11-7-6-10-20(21)28/h3-14H,2,15H2,1H3,(H,29,31,33)/b18-12-. The molecule has 1 saturated heterocycles. The lowest BCUT2D eigenvalue weighted by Gasteiger charge is -2.26. The van der Waals surface area contributed by atoms with Gasteiger partial charge in [-0.15, -0.1) is 0 Å². The van der Waals surface area contributed by atoms with E-state index in [0.29, 0.717) is 28.6 Å². The average Bonchev–Trinajstić information content (AvgIpc) is 2.83. The number of hydrogen-bond donors (Lipinski definition) is 1. The minimum absolute atomic E-state index is 0.199. The molecular formula is C26H20ClFN2O5. The van der Waals surface area contributed by atoms with Crippen LogP contribution in [0.4, 0.5) is 14.9 Å². The predicted octanol–water partition coefficient (Wildman–Crippen LogP) is 5.12. The number of urea groups is 1. The Morgan fingerprint density at radius 1 is 1.00 bits per heavy atom. The topological polar surface area (TPSA) is 84.9 Å². The van der Waals surface area contributed by atoms with Crippen molar-refractivity contribution in [3.05, 3.63) is 94.3 Å². The fourth-order valence-electron chi connectivity index (χ4n) is 3.48. The van der Waals surface area contributed by atoms with Crippen molar-refractivity contribution < 1.29 is 28.2 Å². The summed E-state index contributed by atoms with van der Waals surface area (Å²) in [5, 5.41) is 2.26. The van der Waals surface area contributed by atoms with Crippen LogP contribution < -0.4 is 19.7 Å². The van der Waals surface area contributed by atoms with E-state index in [0.717, 1.165) is 11.6 Å². The van der Waals surface area contributed by atoms with E-state index in [9.17, 15) is 18.8 Å². The summed E-state index contributed by atoms with van der Waals surface area (Å²) in [6.45, 7) is 2.35. The van der Waals surface area contributed by atoms with Crippen LogP contribution in [0.2, 0.25) is 5.02 Å². The number of ether oxygens (including phenoxy) is 2. The van der Waals surface area contributed by atoms with Crippen LogP contribution >= 0.6 is 11.6 Å². The fraction of sp³-hybridized carbons (Fsp3) is 0.115. The number of amides is 4. The smallest absolute Gasteiger partial charge is 0.336 e. The Balaban J connectivity index is 1.68. The Hall–Kier alpha value is -4.17. The fourth-order valence-corrected chi connectivity index (χ4v) is 3.75. The Kier molecular flexibility index (Phi) is 7.12. The third-order valence-electron chi connectivity index (χ3n) is 5.06. The molecule has 0 spiro atoms. The van der Waals surface area contributed by atoms with Gasteiger partial charge in [0, 0.05) is 0 Å². The van der Waals surface area contributed by atoms with Crippen molar-refractivity contribution in [1.82, 2.24) is 5.32 Å². The summed E-state index contributed by atoms with van der Waals surface area (Å²) in [6.07, 6.45) is 1.26. The Morgan fingerprint density at radius 3 is 2.43 bits per heavy atom. The zero-order chi connectivity index (χ0) is 24.9. The minimum atomic E-state index is -1.04. The Bertz CT molecular complexity index is 1330. The molecule has 3 aromatic rings. The van der Waals surface area contributed by atoms with E-state index in [-0.39, 0.29) is 22.9 Å². The molecule has 35 heavy (non-hydrogen) atoms. The normalized spacial score (nSPS) is 14.8. The molecular weight excluding hydrogens is 475 g/mol. The van der Waals surface area contributed by atoms with E-state index < -0.39 is 23.7 Å². The van der Waals surface area contributed by atoms with E-state index in [1.165, 1.54) is 30.3 Å². The molecule has 7 nitrogen and oxygen atoms in total. The maximum Gasteiger partial charge on any atom is 0.336 e. The van der Waals surface area contributed by atoms with Crippen LogP contribution in [0.3, 0.4) is 0 Å². The number of rotatable bonds is 7. The van der Waals surface area contributed by atoms with Crippen molar-refractivity contribution in [2.45, 2.75) is 13.5 Å². The van der Waals surface area contributed by atoms with Gasteiger partial charge in [0.05, 0.1) is 17.3 Å². The summed E-state index contributed by atoms with van der Waals surface area (Å²) in [4.78, 5) is 38.4. The van der Waals surface area contributed by atoms with Crippen molar-refractivity contribution >= 4 is 41.2 Å². The number of para-hydroxylation sites is 1. The number of anilines is 1. The second kappa shape index (κ2) is 10.4. The molecule has 1 N–H and O–H groups in total. The molecule has 0 radical (unpaired) electrons. The molecule has 0 aromatic heterocycles. The van der Waals surface area contributed by atoms with Gasteiger partial charge in [0.2, 0.25) is 0 Å². The molecule has 4 amide bonds. The molecule has 0 unspecified atom stereocenters. The Labute approximate surface area is 205 Å². The number of imide groups is 2. The van der Waals surface area contributed by atoms with Crippen LogP contribution in [-0.4, -0.2) is 24.5 Å². The summed E-state index contributed by atoms with van der Waals surface area (Å²) in [6, 6.07) is 16.8. The molecule has 1 aliphatic heterocycles. The molecule has 178 valence electrons. The predicted molar refractivity (Wildman–Crippen MR) is 129 cm³/mol. The largest absolute Gasteiger partial charge is 0.490 e. The van der Waals surface area contributed by atoms with Gasteiger partial charge in [-0.25, -0.2) is 14.1 Å². The minimum Gasteiger partial charge on any atom is -0.490 e. The van der Waals surface area contributed by atoms with E-state index in [2.05, 4.69) is 5.32 Å². The highest BCUT2D eigenvalue weighted by Crippen LogP contribution is 2.38. The number of barbiturate groups is 1. The van der Waals surface area contributed by atoms with Gasteiger partial charge in [0.25, 0.3) is 11.8 Å². The molecule has 1 heterocycles. The molecule has 3 aromatic carbocycles. The quantitative estimate of drug-likeness (QED) is 0.364. The van der Waals surface area contributed by atoms with E-state index in [1.54, 1.807) is 13.0 Å². The SMILES string of the molecule is CCOc1cc(/C=C2/C(=O)NC(=O)N(c3ccccc3F)C2=O)cc(Cl)c1OCc1ccccc1. The van der Waals surface area contributed by atoms with Crippen LogP contribution in [0.1, 0.15) is 18.1 Å². The van der Waals surface area contributed by atoms with Crippen molar-refractivity contribution in [1.29, 1.82) is 0 Å². The zero-order valence-electron chi connectivity index (χ0n) is 18.6. The average molecular weight is 495 g/mol. The maximum atomic E-state index is 14.3. The zero-order valence-corrected chi connectivity index (χ0v) is 19.3.